The van der Waals surface area contributed by atoms with E-state index in [2.05, 4.69) is 9.97 Å². The molecule has 1 aromatic carbocycles. The molecule has 5 nitrogen and oxygen atoms in total. The third-order valence-corrected chi connectivity index (χ3v) is 3.34. The number of thioether (sulfide) groups is 1. The molecule has 0 aliphatic carbocycles. The van der Waals surface area contributed by atoms with E-state index in [1.54, 1.807) is 25.1 Å². The summed E-state index contributed by atoms with van der Waals surface area (Å²) in [6.07, 6.45) is 0. The summed E-state index contributed by atoms with van der Waals surface area (Å²) >= 11 is 1.36. The predicted octanol–water partition coefficient (Wildman–Crippen LogP) is 1.72. The maximum absolute atomic E-state index is 11.8. The molecule has 1 N–H and O–H groups in total. The lowest BCUT2D eigenvalue weighted by atomic mass is 10.2. The first-order valence-corrected chi connectivity index (χ1v) is 7.07. The Labute approximate surface area is 114 Å². The molecular weight excluding hydrogens is 264 g/mol. The second-order valence-electron chi connectivity index (χ2n) is 3.83. The summed E-state index contributed by atoms with van der Waals surface area (Å²) in [5, 5.41) is 0.571. The smallest absolute Gasteiger partial charge is 0.315 e. The summed E-state index contributed by atoms with van der Waals surface area (Å²) in [7, 11) is 0. The van der Waals surface area contributed by atoms with Crippen molar-refractivity contribution in [2.24, 2.45) is 0 Å². The lowest BCUT2D eigenvalue weighted by Gasteiger charge is -2.03. The second kappa shape index (κ2) is 6.38. The van der Waals surface area contributed by atoms with Crippen LogP contribution in [-0.4, -0.2) is 28.3 Å². The molecule has 1 heterocycles. The number of H-pyrrole nitrogens is 1. The van der Waals surface area contributed by atoms with Crippen LogP contribution < -0.4 is 5.56 Å². The summed E-state index contributed by atoms with van der Waals surface area (Å²) in [5.74, 6) is 1.04. The molecule has 0 fully saturated rings. The summed E-state index contributed by atoms with van der Waals surface area (Å²) in [5.41, 5.74) is 0.510. The summed E-state index contributed by atoms with van der Waals surface area (Å²) in [6, 6.07) is 7.17. The van der Waals surface area contributed by atoms with Gasteiger partial charge in [0.25, 0.3) is 5.56 Å². The van der Waals surface area contributed by atoms with Crippen molar-refractivity contribution in [2.75, 3.05) is 12.4 Å². The van der Waals surface area contributed by atoms with Crippen molar-refractivity contribution in [3.63, 3.8) is 0 Å². The number of esters is 1. The number of aromatic amines is 1. The van der Waals surface area contributed by atoms with E-state index in [0.717, 1.165) is 0 Å². The molecule has 2 rings (SSSR count). The van der Waals surface area contributed by atoms with Crippen LogP contribution in [0.15, 0.2) is 29.1 Å². The van der Waals surface area contributed by atoms with Gasteiger partial charge in [0.15, 0.2) is 0 Å². The van der Waals surface area contributed by atoms with Crippen LogP contribution in [-0.2, 0) is 15.3 Å². The van der Waals surface area contributed by atoms with Crippen LogP contribution in [0.3, 0.4) is 0 Å². The number of carbonyl (C=O) groups is 1. The lowest BCUT2D eigenvalue weighted by Crippen LogP contribution is -2.12. The highest BCUT2D eigenvalue weighted by atomic mass is 32.2. The fraction of sp³-hybridized carbons (Fsp3) is 0.308. The van der Waals surface area contributed by atoms with Crippen LogP contribution in [0.5, 0.6) is 0 Å². The maximum atomic E-state index is 11.8. The summed E-state index contributed by atoms with van der Waals surface area (Å²) in [4.78, 5) is 30.0. The Kier molecular flexibility index (Phi) is 4.57. The monoisotopic (exact) mass is 278 g/mol. The van der Waals surface area contributed by atoms with E-state index in [-0.39, 0.29) is 17.3 Å². The standard InChI is InChI=1S/C13H14N2O3S/c1-2-18-12(16)8-19-7-11-14-10-6-4-3-5-9(10)13(17)15-11/h3-6H,2,7-8H2,1H3,(H,14,15,17). The second-order valence-corrected chi connectivity index (χ2v) is 4.81. The molecule has 0 amide bonds. The molecule has 19 heavy (non-hydrogen) atoms. The Balaban J connectivity index is 2.05. The number of nitrogens with zero attached hydrogens (tertiary/aromatic N) is 1. The number of hydrogen-bond acceptors (Lipinski definition) is 5. The highest BCUT2D eigenvalue weighted by Gasteiger charge is 2.05. The third kappa shape index (κ3) is 3.57. The number of para-hydroxylation sites is 1. The van der Waals surface area contributed by atoms with Gasteiger partial charge in [0.2, 0.25) is 0 Å². The SMILES string of the molecule is CCOC(=O)CSCc1nc2ccccc2c(=O)[nH]1. The van der Waals surface area contributed by atoms with Crippen molar-refractivity contribution in [3.05, 3.63) is 40.4 Å². The molecule has 2 aromatic rings. The van der Waals surface area contributed by atoms with Crippen LogP contribution in [0.4, 0.5) is 0 Å². The van der Waals surface area contributed by atoms with Gasteiger partial charge in [-0.25, -0.2) is 4.98 Å². The first kappa shape index (κ1) is 13.6. The van der Waals surface area contributed by atoms with Gasteiger partial charge in [0.05, 0.1) is 29.0 Å². The normalized spacial score (nSPS) is 10.6. The van der Waals surface area contributed by atoms with Crippen molar-refractivity contribution in [1.29, 1.82) is 0 Å². The molecule has 0 aliphatic heterocycles. The molecular formula is C13H14N2O3S. The van der Waals surface area contributed by atoms with E-state index in [1.807, 2.05) is 6.07 Å². The summed E-state index contributed by atoms with van der Waals surface area (Å²) < 4.78 is 4.82. The first-order chi connectivity index (χ1) is 9.20. The zero-order valence-corrected chi connectivity index (χ0v) is 11.3. The Hall–Kier alpha value is -1.82. The zero-order chi connectivity index (χ0) is 13.7. The number of benzene rings is 1. The number of carbonyl (C=O) groups excluding carboxylic acids is 1. The van der Waals surface area contributed by atoms with Gasteiger partial charge in [-0.15, -0.1) is 11.8 Å². The maximum Gasteiger partial charge on any atom is 0.315 e. The zero-order valence-electron chi connectivity index (χ0n) is 10.5. The number of aromatic nitrogens is 2. The Morgan fingerprint density at radius 3 is 3.00 bits per heavy atom. The van der Waals surface area contributed by atoms with Gasteiger partial charge >= 0.3 is 5.97 Å². The topological polar surface area (TPSA) is 72.0 Å². The Morgan fingerprint density at radius 2 is 2.21 bits per heavy atom. The van der Waals surface area contributed by atoms with Gasteiger partial charge in [-0.05, 0) is 19.1 Å². The molecule has 1 aromatic heterocycles. The minimum absolute atomic E-state index is 0.155. The number of ether oxygens (including phenoxy) is 1. The van der Waals surface area contributed by atoms with E-state index < -0.39 is 0 Å². The van der Waals surface area contributed by atoms with Crippen LogP contribution in [0.1, 0.15) is 12.7 Å². The van der Waals surface area contributed by atoms with Crippen LogP contribution in [0, 0.1) is 0 Å². The van der Waals surface area contributed by atoms with Crippen molar-refractivity contribution in [1.82, 2.24) is 9.97 Å². The van der Waals surface area contributed by atoms with Crippen molar-refractivity contribution in [2.45, 2.75) is 12.7 Å². The minimum atomic E-state index is -0.254. The molecule has 0 saturated heterocycles. The Bertz CT molecular complexity index is 639. The lowest BCUT2D eigenvalue weighted by molar-refractivity contribution is -0.139. The number of nitrogens with one attached hydrogen (secondary N) is 1. The molecule has 0 aliphatic rings. The number of rotatable bonds is 5. The minimum Gasteiger partial charge on any atom is -0.465 e. The molecule has 100 valence electrons. The van der Waals surface area contributed by atoms with Crippen molar-refractivity contribution < 1.29 is 9.53 Å². The number of hydrogen-bond donors (Lipinski definition) is 1. The van der Waals surface area contributed by atoms with E-state index in [1.165, 1.54) is 11.8 Å². The molecule has 0 saturated carbocycles. The molecule has 0 radical (unpaired) electrons. The third-order valence-electron chi connectivity index (χ3n) is 2.43. The average Bonchev–Trinajstić information content (AvgIpc) is 2.39. The first-order valence-electron chi connectivity index (χ1n) is 5.92. The predicted molar refractivity (Wildman–Crippen MR) is 75.2 cm³/mol. The van der Waals surface area contributed by atoms with Crippen molar-refractivity contribution in [3.8, 4) is 0 Å². The van der Waals surface area contributed by atoms with Gasteiger partial charge in [-0.1, -0.05) is 12.1 Å². The van der Waals surface area contributed by atoms with Gasteiger partial charge in [-0.3, -0.25) is 9.59 Å². The van der Waals surface area contributed by atoms with Gasteiger partial charge in [0, 0.05) is 0 Å². The van der Waals surface area contributed by atoms with Gasteiger partial charge in [0.1, 0.15) is 5.82 Å². The molecule has 0 unspecified atom stereocenters. The van der Waals surface area contributed by atoms with E-state index >= 15 is 0 Å². The van der Waals surface area contributed by atoms with E-state index in [0.29, 0.717) is 29.1 Å². The van der Waals surface area contributed by atoms with Crippen LogP contribution in [0.2, 0.25) is 0 Å². The van der Waals surface area contributed by atoms with Crippen LogP contribution in [0.25, 0.3) is 10.9 Å². The fourth-order valence-corrected chi connectivity index (χ4v) is 2.32. The quantitative estimate of drug-likeness (QED) is 0.843. The van der Waals surface area contributed by atoms with E-state index in [9.17, 15) is 9.59 Å². The van der Waals surface area contributed by atoms with Crippen molar-refractivity contribution >= 4 is 28.6 Å². The molecule has 0 spiro atoms. The Morgan fingerprint density at radius 1 is 1.42 bits per heavy atom. The average molecular weight is 278 g/mol. The molecule has 0 atom stereocenters. The summed E-state index contributed by atoms with van der Waals surface area (Å²) in [6.45, 7) is 2.15. The highest BCUT2D eigenvalue weighted by molar-refractivity contribution is 7.99. The van der Waals surface area contributed by atoms with Gasteiger partial charge in [-0.2, -0.15) is 0 Å². The largest absolute Gasteiger partial charge is 0.465 e. The molecule has 0 bridgehead atoms. The number of fused-ring (bicyclic) bond motifs is 1. The fourth-order valence-electron chi connectivity index (χ4n) is 1.64. The highest BCUT2D eigenvalue weighted by Crippen LogP contribution is 2.11. The molecule has 6 heteroatoms. The van der Waals surface area contributed by atoms with E-state index in [4.69, 9.17) is 4.74 Å². The van der Waals surface area contributed by atoms with Crippen LogP contribution >= 0.6 is 11.8 Å². The van der Waals surface area contributed by atoms with Gasteiger partial charge < -0.3 is 9.72 Å².